The topological polar surface area (TPSA) is 17.1 Å². The SMILES string of the molecule is CC1CCCCC1(C)C(=O)F. The highest BCUT2D eigenvalue weighted by molar-refractivity contribution is 5.75. The van der Waals surface area contributed by atoms with E-state index in [9.17, 15) is 9.18 Å². The molecule has 2 unspecified atom stereocenters. The van der Waals surface area contributed by atoms with Crippen LogP contribution in [0.25, 0.3) is 0 Å². The molecule has 2 heteroatoms. The summed E-state index contributed by atoms with van der Waals surface area (Å²) in [6, 6.07) is -1.12. The van der Waals surface area contributed by atoms with Crippen molar-refractivity contribution in [3.05, 3.63) is 0 Å². The summed E-state index contributed by atoms with van der Waals surface area (Å²) in [6.07, 6.45) is 3.86. The van der Waals surface area contributed by atoms with Gasteiger partial charge in [0, 0.05) is 0 Å². The third-order valence-corrected chi connectivity index (χ3v) is 3.12. The van der Waals surface area contributed by atoms with Crippen molar-refractivity contribution in [1.82, 2.24) is 0 Å². The van der Waals surface area contributed by atoms with Gasteiger partial charge in [0.2, 0.25) is 0 Å². The fourth-order valence-corrected chi connectivity index (χ4v) is 1.80. The molecule has 0 saturated heterocycles. The van der Waals surface area contributed by atoms with E-state index in [-0.39, 0.29) is 5.92 Å². The number of carbonyl (C=O) groups excluding carboxylic acids is 1. The normalized spacial score (nSPS) is 38.6. The first-order chi connectivity index (χ1) is 5.07. The lowest BCUT2D eigenvalue weighted by Gasteiger charge is -2.35. The average Bonchev–Trinajstić information content (AvgIpc) is 1.95. The van der Waals surface area contributed by atoms with Crippen molar-refractivity contribution in [3.63, 3.8) is 0 Å². The van der Waals surface area contributed by atoms with Crippen molar-refractivity contribution in [1.29, 1.82) is 0 Å². The third kappa shape index (κ3) is 1.44. The van der Waals surface area contributed by atoms with Gasteiger partial charge in [0.05, 0.1) is 5.41 Å². The molecule has 1 saturated carbocycles. The minimum atomic E-state index is -1.12. The predicted octanol–water partition coefficient (Wildman–Crippen LogP) is 2.70. The number of hydrogen-bond acceptors (Lipinski definition) is 1. The minimum absolute atomic E-state index is 0.216. The summed E-state index contributed by atoms with van der Waals surface area (Å²) in [5, 5.41) is 0. The Morgan fingerprint density at radius 3 is 2.55 bits per heavy atom. The maximum Gasteiger partial charge on any atom is 0.307 e. The molecule has 1 rings (SSSR count). The van der Waals surface area contributed by atoms with E-state index in [4.69, 9.17) is 0 Å². The van der Waals surface area contributed by atoms with Crippen LogP contribution in [0.5, 0.6) is 0 Å². The largest absolute Gasteiger partial charge is 0.307 e. The summed E-state index contributed by atoms with van der Waals surface area (Å²) in [5.41, 5.74) is -0.668. The van der Waals surface area contributed by atoms with Gasteiger partial charge in [0.1, 0.15) is 0 Å². The van der Waals surface area contributed by atoms with Crippen molar-refractivity contribution in [3.8, 4) is 0 Å². The van der Waals surface area contributed by atoms with E-state index in [2.05, 4.69) is 0 Å². The zero-order valence-electron chi connectivity index (χ0n) is 7.19. The molecule has 0 aliphatic heterocycles. The minimum Gasteiger partial charge on any atom is -0.261 e. The van der Waals surface area contributed by atoms with E-state index in [0.29, 0.717) is 0 Å². The van der Waals surface area contributed by atoms with Crippen molar-refractivity contribution in [2.75, 3.05) is 0 Å². The summed E-state index contributed by atoms with van der Waals surface area (Å²) in [4.78, 5) is 10.7. The number of carbonyl (C=O) groups is 1. The molecule has 64 valence electrons. The van der Waals surface area contributed by atoms with Gasteiger partial charge in [-0.05, 0) is 25.7 Å². The third-order valence-electron chi connectivity index (χ3n) is 3.12. The lowest BCUT2D eigenvalue weighted by atomic mass is 9.69. The van der Waals surface area contributed by atoms with Gasteiger partial charge >= 0.3 is 6.04 Å². The highest BCUT2D eigenvalue weighted by Gasteiger charge is 2.40. The molecule has 0 bridgehead atoms. The standard InChI is InChI=1S/C9H15FO/c1-7-5-3-4-6-9(7,2)8(10)11/h7H,3-6H2,1-2H3. The molecule has 1 aliphatic rings. The molecule has 0 spiro atoms. The Balaban J connectivity index is 2.72. The second-order valence-electron chi connectivity index (χ2n) is 3.84. The molecular formula is C9H15FO. The Labute approximate surface area is 67.0 Å². The van der Waals surface area contributed by atoms with E-state index >= 15 is 0 Å². The lowest BCUT2D eigenvalue weighted by Crippen LogP contribution is -2.34. The van der Waals surface area contributed by atoms with Crippen molar-refractivity contribution in [2.45, 2.75) is 39.5 Å². The Bertz CT molecular complexity index is 167. The van der Waals surface area contributed by atoms with Crippen LogP contribution in [0.4, 0.5) is 4.39 Å². The summed E-state index contributed by atoms with van der Waals surface area (Å²) in [7, 11) is 0. The average molecular weight is 158 g/mol. The molecule has 0 aromatic heterocycles. The van der Waals surface area contributed by atoms with E-state index in [1.54, 1.807) is 6.92 Å². The van der Waals surface area contributed by atoms with E-state index in [0.717, 1.165) is 25.7 Å². The first-order valence-electron chi connectivity index (χ1n) is 4.27. The number of hydrogen-bond donors (Lipinski definition) is 0. The van der Waals surface area contributed by atoms with Gasteiger partial charge in [-0.1, -0.05) is 19.8 Å². The van der Waals surface area contributed by atoms with Crippen LogP contribution in [0.1, 0.15) is 39.5 Å². The molecule has 0 radical (unpaired) electrons. The van der Waals surface area contributed by atoms with Gasteiger partial charge < -0.3 is 0 Å². The highest BCUT2D eigenvalue weighted by atomic mass is 19.1. The van der Waals surface area contributed by atoms with Crippen LogP contribution in [0.15, 0.2) is 0 Å². The number of halogens is 1. The molecule has 0 aromatic carbocycles. The molecule has 0 aromatic rings. The molecule has 2 atom stereocenters. The summed E-state index contributed by atoms with van der Waals surface area (Å²) < 4.78 is 12.6. The summed E-state index contributed by atoms with van der Waals surface area (Å²) in [6.45, 7) is 3.72. The molecule has 0 N–H and O–H groups in total. The van der Waals surface area contributed by atoms with Gasteiger partial charge in [-0.15, -0.1) is 0 Å². The van der Waals surface area contributed by atoms with Gasteiger partial charge in [-0.25, -0.2) is 0 Å². The molecule has 0 heterocycles. The van der Waals surface area contributed by atoms with Gasteiger partial charge in [-0.2, -0.15) is 4.39 Å². The fourth-order valence-electron chi connectivity index (χ4n) is 1.80. The van der Waals surface area contributed by atoms with E-state index < -0.39 is 11.5 Å². The first kappa shape index (κ1) is 8.69. The van der Waals surface area contributed by atoms with Crippen LogP contribution in [-0.4, -0.2) is 6.04 Å². The molecule has 1 fully saturated rings. The maximum absolute atomic E-state index is 12.6. The van der Waals surface area contributed by atoms with Crippen LogP contribution >= 0.6 is 0 Å². The van der Waals surface area contributed by atoms with Gasteiger partial charge in [0.15, 0.2) is 0 Å². The van der Waals surface area contributed by atoms with E-state index in [1.807, 2.05) is 6.92 Å². The zero-order valence-corrected chi connectivity index (χ0v) is 7.19. The lowest BCUT2D eigenvalue weighted by molar-refractivity contribution is -0.144. The van der Waals surface area contributed by atoms with Crippen molar-refractivity contribution < 1.29 is 9.18 Å². The molecule has 1 aliphatic carbocycles. The summed E-state index contributed by atoms with van der Waals surface area (Å²) in [5.74, 6) is 0.216. The Morgan fingerprint density at radius 1 is 1.55 bits per heavy atom. The Hall–Kier alpha value is -0.400. The highest BCUT2D eigenvalue weighted by Crippen LogP contribution is 2.41. The van der Waals surface area contributed by atoms with Crippen LogP contribution < -0.4 is 0 Å². The van der Waals surface area contributed by atoms with E-state index in [1.165, 1.54) is 0 Å². The number of rotatable bonds is 1. The van der Waals surface area contributed by atoms with Crippen LogP contribution in [0.2, 0.25) is 0 Å². The molecule has 0 amide bonds. The van der Waals surface area contributed by atoms with Gasteiger partial charge in [0.25, 0.3) is 0 Å². The maximum atomic E-state index is 12.6. The van der Waals surface area contributed by atoms with Gasteiger partial charge in [-0.3, -0.25) is 4.79 Å². The van der Waals surface area contributed by atoms with Crippen molar-refractivity contribution in [2.24, 2.45) is 11.3 Å². The molecule has 1 nitrogen and oxygen atoms in total. The second kappa shape index (κ2) is 2.92. The summed E-state index contributed by atoms with van der Waals surface area (Å²) >= 11 is 0. The zero-order chi connectivity index (χ0) is 8.48. The monoisotopic (exact) mass is 158 g/mol. The van der Waals surface area contributed by atoms with Crippen LogP contribution in [0, 0.1) is 11.3 Å². The second-order valence-corrected chi connectivity index (χ2v) is 3.84. The molecule has 11 heavy (non-hydrogen) atoms. The first-order valence-corrected chi connectivity index (χ1v) is 4.27. The Kier molecular flexibility index (Phi) is 2.31. The predicted molar refractivity (Wildman–Crippen MR) is 41.9 cm³/mol. The van der Waals surface area contributed by atoms with Crippen LogP contribution in [0.3, 0.4) is 0 Å². The van der Waals surface area contributed by atoms with Crippen molar-refractivity contribution >= 4 is 6.04 Å². The smallest absolute Gasteiger partial charge is 0.261 e. The fraction of sp³-hybridized carbons (Fsp3) is 0.889. The van der Waals surface area contributed by atoms with Crippen LogP contribution in [-0.2, 0) is 4.79 Å². The quantitative estimate of drug-likeness (QED) is 0.536. The Morgan fingerprint density at radius 2 is 2.18 bits per heavy atom. The molecular weight excluding hydrogens is 143 g/mol.